The highest BCUT2D eigenvalue weighted by Gasteiger charge is 2.23. The molecule has 0 radical (unpaired) electrons. The van der Waals surface area contributed by atoms with Gasteiger partial charge >= 0.3 is 0 Å². The fourth-order valence-corrected chi connectivity index (χ4v) is 2.93. The van der Waals surface area contributed by atoms with E-state index in [1.54, 1.807) is 11.0 Å². The molecule has 7 heteroatoms. The average molecular weight is 336 g/mol. The third-order valence-corrected chi connectivity index (χ3v) is 4.34. The number of nitrogens with two attached hydrogens (primary N) is 1. The molecule has 1 aromatic heterocycles. The quantitative estimate of drug-likeness (QED) is 0.928. The monoisotopic (exact) mass is 335 g/mol. The molecular formula is C16H22ClN5O. The molecule has 0 saturated carbocycles. The van der Waals surface area contributed by atoms with Gasteiger partial charge in [-0.2, -0.15) is 5.10 Å². The van der Waals surface area contributed by atoms with E-state index in [2.05, 4.69) is 10.1 Å². The molecule has 6 nitrogen and oxygen atoms in total. The Morgan fingerprint density at radius 1 is 1.35 bits per heavy atom. The number of carbonyl (C=O) groups is 1. The van der Waals surface area contributed by atoms with Gasteiger partial charge in [-0.3, -0.25) is 4.79 Å². The maximum absolute atomic E-state index is 12.6. The number of amides is 1. The summed E-state index contributed by atoms with van der Waals surface area (Å²) >= 11 is 0. The molecule has 1 aliphatic heterocycles. The van der Waals surface area contributed by atoms with E-state index in [1.165, 1.54) is 6.33 Å². The van der Waals surface area contributed by atoms with E-state index in [0.29, 0.717) is 12.5 Å². The summed E-state index contributed by atoms with van der Waals surface area (Å²) < 4.78 is 1.70. The minimum absolute atomic E-state index is 0. The van der Waals surface area contributed by atoms with Gasteiger partial charge < -0.3 is 10.6 Å². The van der Waals surface area contributed by atoms with Crippen LogP contribution in [0.15, 0.2) is 30.9 Å². The van der Waals surface area contributed by atoms with Gasteiger partial charge in [-0.05, 0) is 56.0 Å². The Labute approximate surface area is 142 Å². The van der Waals surface area contributed by atoms with Crippen LogP contribution in [0.1, 0.15) is 28.8 Å². The predicted molar refractivity (Wildman–Crippen MR) is 91.0 cm³/mol. The third-order valence-electron chi connectivity index (χ3n) is 4.34. The Balaban J connectivity index is 0.00000192. The van der Waals surface area contributed by atoms with E-state index in [-0.39, 0.29) is 18.3 Å². The number of benzene rings is 1. The number of carbonyl (C=O) groups excluding carboxylic acids is 1. The topological polar surface area (TPSA) is 77.0 Å². The molecule has 3 rings (SSSR count). The van der Waals surface area contributed by atoms with Crippen molar-refractivity contribution in [2.45, 2.75) is 19.8 Å². The molecule has 1 aromatic carbocycles. The first kappa shape index (κ1) is 17.4. The average Bonchev–Trinajstić information content (AvgIpc) is 3.08. The first-order valence-electron chi connectivity index (χ1n) is 7.64. The Morgan fingerprint density at radius 2 is 2.09 bits per heavy atom. The van der Waals surface area contributed by atoms with Crippen molar-refractivity contribution in [3.63, 3.8) is 0 Å². The van der Waals surface area contributed by atoms with Crippen LogP contribution in [-0.2, 0) is 0 Å². The van der Waals surface area contributed by atoms with Crippen LogP contribution in [0.4, 0.5) is 0 Å². The molecule has 124 valence electrons. The number of rotatable bonds is 3. The molecule has 0 unspecified atom stereocenters. The Bertz CT molecular complexity index is 650. The minimum atomic E-state index is 0. The van der Waals surface area contributed by atoms with Crippen molar-refractivity contribution < 1.29 is 4.79 Å². The zero-order chi connectivity index (χ0) is 15.5. The zero-order valence-corrected chi connectivity index (χ0v) is 14.0. The maximum Gasteiger partial charge on any atom is 0.253 e. The van der Waals surface area contributed by atoms with Crippen LogP contribution in [0.3, 0.4) is 0 Å². The molecule has 1 aliphatic rings. The molecule has 2 aromatic rings. The standard InChI is InChI=1S/C16H21N5O.ClH/c1-12-8-14(2-3-15(12)21-11-18-10-19-21)16(22)20-6-4-13(9-17)5-7-20;/h2-3,8,10-11,13H,4-7,9,17H2,1H3;1H. The predicted octanol–water partition coefficient (Wildman–Crippen LogP) is 1.81. The second-order valence-corrected chi connectivity index (χ2v) is 5.81. The van der Waals surface area contributed by atoms with Gasteiger partial charge in [-0.15, -0.1) is 12.4 Å². The van der Waals surface area contributed by atoms with Gasteiger partial charge in [0.1, 0.15) is 12.7 Å². The first-order valence-corrected chi connectivity index (χ1v) is 7.64. The highest BCUT2D eigenvalue weighted by Crippen LogP contribution is 2.20. The number of likely N-dealkylation sites (tertiary alicyclic amines) is 1. The van der Waals surface area contributed by atoms with Gasteiger partial charge in [-0.1, -0.05) is 0 Å². The van der Waals surface area contributed by atoms with Crippen molar-refractivity contribution >= 4 is 18.3 Å². The number of aryl methyl sites for hydroxylation is 1. The van der Waals surface area contributed by atoms with Crippen molar-refractivity contribution in [1.29, 1.82) is 0 Å². The van der Waals surface area contributed by atoms with E-state index >= 15 is 0 Å². The van der Waals surface area contributed by atoms with Crippen molar-refractivity contribution in [2.75, 3.05) is 19.6 Å². The molecule has 1 amide bonds. The highest BCUT2D eigenvalue weighted by atomic mass is 35.5. The van der Waals surface area contributed by atoms with Gasteiger partial charge in [0.25, 0.3) is 5.91 Å². The number of hydrogen-bond acceptors (Lipinski definition) is 4. The van der Waals surface area contributed by atoms with E-state index in [0.717, 1.165) is 42.7 Å². The number of halogens is 1. The minimum Gasteiger partial charge on any atom is -0.339 e. The van der Waals surface area contributed by atoms with E-state index in [1.807, 2.05) is 30.0 Å². The normalized spacial score (nSPS) is 15.3. The molecule has 0 atom stereocenters. The van der Waals surface area contributed by atoms with Crippen molar-refractivity contribution in [3.8, 4) is 5.69 Å². The fourth-order valence-electron chi connectivity index (χ4n) is 2.93. The van der Waals surface area contributed by atoms with Crippen LogP contribution in [-0.4, -0.2) is 45.2 Å². The summed E-state index contributed by atoms with van der Waals surface area (Å²) in [5.41, 5.74) is 8.38. The summed E-state index contributed by atoms with van der Waals surface area (Å²) in [4.78, 5) is 18.5. The summed E-state index contributed by atoms with van der Waals surface area (Å²) in [5.74, 6) is 0.657. The van der Waals surface area contributed by atoms with Crippen molar-refractivity contribution in [1.82, 2.24) is 19.7 Å². The van der Waals surface area contributed by atoms with E-state index in [4.69, 9.17) is 5.73 Å². The summed E-state index contributed by atoms with van der Waals surface area (Å²) in [5, 5.41) is 4.13. The first-order chi connectivity index (χ1) is 10.7. The Morgan fingerprint density at radius 3 is 2.65 bits per heavy atom. The summed E-state index contributed by atoms with van der Waals surface area (Å²) in [6.45, 7) is 4.29. The lowest BCUT2D eigenvalue weighted by atomic mass is 9.96. The largest absolute Gasteiger partial charge is 0.339 e. The highest BCUT2D eigenvalue weighted by molar-refractivity contribution is 5.94. The lowest BCUT2D eigenvalue weighted by Gasteiger charge is -2.31. The zero-order valence-electron chi connectivity index (χ0n) is 13.2. The van der Waals surface area contributed by atoms with Crippen LogP contribution in [0.25, 0.3) is 5.69 Å². The van der Waals surface area contributed by atoms with Crippen molar-refractivity contribution in [2.24, 2.45) is 11.7 Å². The van der Waals surface area contributed by atoms with Gasteiger partial charge in [0.15, 0.2) is 0 Å². The van der Waals surface area contributed by atoms with E-state index < -0.39 is 0 Å². The van der Waals surface area contributed by atoms with E-state index in [9.17, 15) is 4.79 Å². The van der Waals surface area contributed by atoms with Crippen molar-refractivity contribution in [3.05, 3.63) is 42.0 Å². The third kappa shape index (κ3) is 3.71. The number of hydrogen-bond donors (Lipinski definition) is 1. The van der Waals surface area contributed by atoms with Gasteiger partial charge in [0.05, 0.1) is 5.69 Å². The Kier molecular flexibility index (Phi) is 5.74. The molecule has 0 spiro atoms. The van der Waals surface area contributed by atoms with Crippen LogP contribution < -0.4 is 5.73 Å². The van der Waals surface area contributed by atoms with Crippen LogP contribution in [0, 0.1) is 12.8 Å². The lowest BCUT2D eigenvalue weighted by Crippen LogP contribution is -2.40. The molecule has 2 heterocycles. The molecule has 23 heavy (non-hydrogen) atoms. The SMILES string of the molecule is Cc1cc(C(=O)N2CCC(CN)CC2)ccc1-n1cncn1.Cl. The molecule has 0 aliphatic carbocycles. The number of nitrogens with zero attached hydrogens (tertiary/aromatic N) is 4. The van der Waals surface area contributed by atoms with Gasteiger partial charge in [-0.25, -0.2) is 9.67 Å². The maximum atomic E-state index is 12.6. The van der Waals surface area contributed by atoms with Gasteiger partial charge in [0.2, 0.25) is 0 Å². The van der Waals surface area contributed by atoms with Crippen LogP contribution in [0.5, 0.6) is 0 Å². The summed E-state index contributed by atoms with van der Waals surface area (Å²) in [7, 11) is 0. The lowest BCUT2D eigenvalue weighted by molar-refractivity contribution is 0.0693. The molecule has 2 N–H and O–H groups in total. The van der Waals surface area contributed by atoms with Gasteiger partial charge in [0, 0.05) is 18.7 Å². The number of aromatic nitrogens is 3. The Hall–Kier alpha value is -1.92. The van der Waals surface area contributed by atoms with Crippen LogP contribution >= 0.6 is 12.4 Å². The number of piperidine rings is 1. The molecule has 1 saturated heterocycles. The smallest absolute Gasteiger partial charge is 0.253 e. The fraction of sp³-hybridized carbons (Fsp3) is 0.438. The van der Waals surface area contributed by atoms with Crippen LogP contribution in [0.2, 0.25) is 0 Å². The molecule has 0 bridgehead atoms. The second-order valence-electron chi connectivity index (χ2n) is 5.81. The molecule has 1 fully saturated rings. The summed E-state index contributed by atoms with van der Waals surface area (Å²) in [6, 6.07) is 5.71. The molecular weight excluding hydrogens is 314 g/mol. The summed E-state index contributed by atoms with van der Waals surface area (Å²) in [6.07, 6.45) is 5.15. The second kappa shape index (κ2) is 7.57.